The monoisotopic (exact) mass is 1030 g/mol. The molecule has 3 atom stereocenters. The summed E-state index contributed by atoms with van der Waals surface area (Å²) in [5, 5.41) is 14.1. The lowest BCUT2D eigenvalue weighted by Gasteiger charge is -2.26. The summed E-state index contributed by atoms with van der Waals surface area (Å²) in [7, 11) is 1.62. The zero-order chi connectivity index (χ0) is 52.7. The summed E-state index contributed by atoms with van der Waals surface area (Å²) in [6.07, 6.45) is 72.8. The number of quaternary nitrogens is 1. The van der Waals surface area contributed by atoms with Gasteiger partial charge < -0.3 is 19.8 Å². The molecule has 8 nitrogen and oxygen atoms in total. The van der Waals surface area contributed by atoms with Crippen molar-refractivity contribution in [3.63, 3.8) is 0 Å². The third-order valence-corrected chi connectivity index (χ3v) is 14.8. The van der Waals surface area contributed by atoms with Crippen LogP contribution in [0.5, 0.6) is 0 Å². The maximum atomic E-state index is 13.0. The van der Waals surface area contributed by atoms with Crippen LogP contribution < -0.4 is 5.32 Å². The number of aliphatic hydroxyl groups is 1. The standard InChI is InChI=1S/C63H119N2O6P/c1-6-8-10-12-14-16-18-20-22-24-26-28-29-30-31-32-33-34-35-37-39-41-43-45-47-49-51-53-55-57-63(67)64-61(60-71-72(68,69)70-59-58-65(3,4)5)62(66)56-54-52-50-48-46-44-42-40-38-36-27-25-23-21-19-17-15-13-11-9-7-2/h8,10,14,16,20,22,26,28,30-31,61-62,66H,6-7,9,11-13,15,17-19,21,23-25,27,29,32-60H2,1-5H3,(H-,64,67,68,69)/p+1/b10-8-,16-14-,22-20-,28-26-,31-30-. The molecule has 0 aliphatic carbocycles. The SMILES string of the molecule is CC/C=C\C/C=C\C/C=C\C/C=C\C/C=C\CCCCCCCCCCCCCCCC(=O)NC(COP(=O)(O)OCC[N+](C)(C)C)C(O)CCCCCCCCCCCCCCCCCCCCCCC. The molecule has 0 heterocycles. The highest BCUT2D eigenvalue weighted by molar-refractivity contribution is 7.47. The lowest BCUT2D eigenvalue weighted by molar-refractivity contribution is -0.870. The largest absolute Gasteiger partial charge is 0.472 e. The fourth-order valence-corrected chi connectivity index (χ4v) is 9.75. The molecule has 0 bridgehead atoms. The third kappa shape index (κ3) is 55.9. The van der Waals surface area contributed by atoms with Gasteiger partial charge in [0.2, 0.25) is 5.91 Å². The summed E-state index contributed by atoms with van der Waals surface area (Å²) in [5.41, 5.74) is 0. The number of likely N-dealkylation sites (N-methyl/N-ethyl adjacent to an activating group) is 1. The van der Waals surface area contributed by atoms with Gasteiger partial charge in [0.1, 0.15) is 13.2 Å². The van der Waals surface area contributed by atoms with E-state index in [-0.39, 0.29) is 19.1 Å². The number of phosphoric ester groups is 1. The zero-order valence-corrected chi connectivity index (χ0v) is 49.1. The number of unbranched alkanes of at least 4 members (excludes halogenated alkanes) is 33. The van der Waals surface area contributed by atoms with E-state index in [2.05, 4.69) is 79.9 Å². The first kappa shape index (κ1) is 70.2. The van der Waals surface area contributed by atoms with Crippen molar-refractivity contribution in [1.29, 1.82) is 0 Å². The molecule has 0 aromatic rings. The molecule has 0 rings (SSSR count). The van der Waals surface area contributed by atoms with Crippen LogP contribution in [0, 0.1) is 0 Å². The summed E-state index contributed by atoms with van der Waals surface area (Å²) in [4.78, 5) is 23.4. The highest BCUT2D eigenvalue weighted by Gasteiger charge is 2.28. The first-order valence-corrected chi connectivity index (χ1v) is 32.1. The maximum absolute atomic E-state index is 13.0. The quantitative estimate of drug-likeness (QED) is 0.0243. The Morgan fingerprint density at radius 3 is 1.22 bits per heavy atom. The number of amides is 1. The van der Waals surface area contributed by atoms with Gasteiger partial charge in [-0.05, 0) is 57.8 Å². The molecular formula is C63H120N2O6P+. The molecule has 72 heavy (non-hydrogen) atoms. The van der Waals surface area contributed by atoms with Crippen LogP contribution in [0.2, 0.25) is 0 Å². The molecule has 0 aliphatic heterocycles. The zero-order valence-electron chi connectivity index (χ0n) is 48.2. The molecule has 1 amide bonds. The summed E-state index contributed by atoms with van der Waals surface area (Å²) in [6, 6.07) is -0.764. The molecule has 0 saturated heterocycles. The Kier molecular flexibility index (Phi) is 52.7. The van der Waals surface area contributed by atoms with E-state index in [9.17, 15) is 19.4 Å². The number of aliphatic hydroxyl groups excluding tert-OH is 1. The molecule has 3 unspecified atom stereocenters. The smallest absolute Gasteiger partial charge is 0.391 e. The molecule has 422 valence electrons. The van der Waals surface area contributed by atoms with Crippen LogP contribution in [0.3, 0.4) is 0 Å². The Bertz CT molecular complexity index is 1360. The molecule has 0 aromatic heterocycles. The van der Waals surface area contributed by atoms with Crippen molar-refractivity contribution < 1.29 is 32.9 Å². The highest BCUT2D eigenvalue weighted by Crippen LogP contribution is 2.43. The van der Waals surface area contributed by atoms with E-state index < -0.39 is 20.0 Å². The van der Waals surface area contributed by atoms with Gasteiger partial charge in [-0.25, -0.2) is 4.57 Å². The summed E-state index contributed by atoms with van der Waals surface area (Å²) < 4.78 is 23.8. The predicted octanol–water partition coefficient (Wildman–Crippen LogP) is 18.9. The molecule has 3 N–H and O–H groups in total. The van der Waals surface area contributed by atoms with Gasteiger partial charge in [0.05, 0.1) is 39.9 Å². The minimum absolute atomic E-state index is 0.0736. The Hall–Kier alpha value is -1.80. The second-order valence-electron chi connectivity index (χ2n) is 22.1. The van der Waals surface area contributed by atoms with E-state index in [4.69, 9.17) is 9.05 Å². The number of allylic oxidation sites excluding steroid dienone is 10. The van der Waals surface area contributed by atoms with Crippen molar-refractivity contribution >= 4 is 13.7 Å². The number of hydrogen-bond acceptors (Lipinski definition) is 5. The topological polar surface area (TPSA) is 105 Å². The van der Waals surface area contributed by atoms with Crippen LogP contribution in [0.1, 0.15) is 284 Å². The predicted molar refractivity (Wildman–Crippen MR) is 314 cm³/mol. The van der Waals surface area contributed by atoms with E-state index >= 15 is 0 Å². The molecule has 0 aromatic carbocycles. The molecule has 0 saturated carbocycles. The first-order valence-electron chi connectivity index (χ1n) is 30.7. The van der Waals surface area contributed by atoms with Gasteiger partial charge in [0.25, 0.3) is 0 Å². The number of nitrogens with zero attached hydrogens (tertiary/aromatic N) is 1. The number of rotatable bonds is 56. The minimum Gasteiger partial charge on any atom is -0.391 e. The number of carbonyl (C=O) groups excluding carboxylic acids is 1. The molecule has 0 aliphatic rings. The van der Waals surface area contributed by atoms with Gasteiger partial charge in [-0.2, -0.15) is 0 Å². The molecule has 9 heteroatoms. The average Bonchev–Trinajstić information content (AvgIpc) is 3.34. The van der Waals surface area contributed by atoms with E-state index in [0.717, 1.165) is 70.6 Å². The van der Waals surface area contributed by atoms with Crippen molar-refractivity contribution in [2.75, 3.05) is 40.9 Å². The van der Waals surface area contributed by atoms with Crippen molar-refractivity contribution in [3.05, 3.63) is 60.8 Å². The molecule has 0 spiro atoms. The van der Waals surface area contributed by atoms with E-state index in [1.807, 2.05) is 21.1 Å². The molecule has 0 fully saturated rings. The fourth-order valence-electron chi connectivity index (χ4n) is 9.02. The number of hydrogen-bond donors (Lipinski definition) is 3. The van der Waals surface area contributed by atoms with Crippen molar-refractivity contribution in [2.24, 2.45) is 0 Å². The van der Waals surface area contributed by atoms with Crippen molar-refractivity contribution in [2.45, 2.75) is 296 Å². The van der Waals surface area contributed by atoms with Gasteiger partial charge in [0.15, 0.2) is 0 Å². The minimum atomic E-state index is -4.33. The van der Waals surface area contributed by atoms with Crippen LogP contribution in [0.4, 0.5) is 0 Å². The van der Waals surface area contributed by atoms with Crippen molar-refractivity contribution in [1.82, 2.24) is 5.32 Å². The average molecular weight is 1030 g/mol. The van der Waals surface area contributed by atoms with Crippen LogP contribution in [0.15, 0.2) is 60.8 Å². The van der Waals surface area contributed by atoms with Crippen molar-refractivity contribution in [3.8, 4) is 0 Å². The highest BCUT2D eigenvalue weighted by atomic mass is 31.2. The van der Waals surface area contributed by atoms with Crippen LogP contribution >= 0.6 is 7.82 Å². The second kappa shape index (κ2) is 54.0. The Morgan fingerprint density at radius 2 is 0.833 bits per heavy atom. The van der Waals surface area contributed by atoms with E-state index in [1.54, 1.807) is 0 Å². The fraction of sp³-hybridized carbons (Fsp3) is 0.825. The second-order valence-corrected chi connectivity index (χ2v) is 23.5. The van der Waals surface area contributed by atoms with Gasteiger partial charge in [-0.15, -0.1) is 0 Å². The van der Waals surface area contributed by atoms with Crippen LogP contribution in [0.25, 0.3) is 0 Å². The lowest BCUT2D eigenvalue weighted by atomic mass is 10.0. The number of nitrogens with one attached hydrogen (secondary N) is 1. The normalized spacial score (nSPS) is 14.3. The summed E-state index contributed by atoms with van der Waals surface area (Å²) in [6.45, 7) is 4.81. The van der Waals surface area contributed by atoms with Gasteiger partial charge >= 0.3 is 7.82 Å². The number of carbonyl (C=O) groups is 1. The summed E-state index contributed by atoms with van der Waals surface area (Å²) >= 11 is 0. The summed E-state index contributed by atoms with van der Waals surface area (Å²) in [5.74, 6) is -0.144. The Morgan fingerprint density at radius 1 is 0.486 bits per heavy atom. The van der Waals surface area contributed by atoms with Gasteiger partial charge in [-0.1, -0.05) is 280 Å². The van der Waals surface area contributed by atoms with Gasteiger partial charge in [-0.3, -0.25) is 13.8 Å². The van der Waals surface area contributed by atoms with Crippen LogP contribution in [-0.4, -0.2) is 73.4 Å². The Balaban J connectivity index is 4.12. The third-order valence-electron chi connectivity index (χ3n) is 13.8. The first-order chi connectivity index (χ1) is 35.0. The van der Waals surface area contributed by atoms with Crippen LogP contribution in [-0.2, 0) is 18.4 Å². The molecule has 0 radical (unpaired) electrons. The maximum Gasteiger partial charge on any atom is 0.472 e. The number of phosphoric acid groups is 1. The van der Waals surface area contributed by atoms with E-state index in [1.165, 1.54) is 186 Å². The molecular weight excluding hydrogens is 912 g/mol. The van der Waals surface area contributed by atoms with E-state index in [0.29, 0.717) is 23.9 Å². The lowest BCUT2D eigenvalue weighted by Crippen LogP contribution is -2.46. The van der Waals surface area contributed by atoms with Gasteiger partial charge in [0, 0.05) is 6.42 Å². The Labute approximate surface area is 447 Å².